The fourth-order valence-corrected chi connectivity index (χ4v) is 1.73. The molecule has 0 heterocycles. The SMILES string of the molecule is CCc1ccc(Cc2ccc(F)cc2)cc1. The van der Waals surface area contributed by atoms with Crippen molar-refractivity contribution in [1.29, 1.82) is 0 Å². The molecule has 2 rings (SSSR count). The number of rotatable bonds is 3. The summed E-state index contributed by atoms with van der Waals surface area (Å²) in [5, 5.41) is 0. The maximum atomic E-state index is 12.7. The van der Waals surface area contributed by atoms with Crippen molar-refractivity contribution in [1.82, 2.24) is 0 Å². The highest BCUT2D eigenvalue weighted by atomic mass is 19.1. The third kappa shape index (κ3) is 2.69. The average molecular weight is 214 g/mol. The van der Waals surface area contributed by atoms with Crippen LogP contribution in [0.1, 0.15) is 23.6 Å². The number of benzene rings is 2. The van der Waals surface area contributed by atoms with Crippen LogP contribution in [0.2, 0.25) is 0 Å². The molecule has 1 heteroatoms. The maximum absolute atomic E-state index is 12.7. The molecule has 0 saturated carbocycles. The van der Waals surface area contributed by atoms with Gasteiger partial charge >= 0.3 is 0 Å². The molecule has 16 heavy (non-hydrogen) atoms. The highest BCUT2D eigenvalue weighted by Gasteiger charge is 1.97. The Labute approximate surface area is 95.7 Å². The van der Waals surface area contributed by atoms with E-state index in [2.05, 4.69) is 31.2 Å². The Balaban J connectivity index is 2.11. The molecule has 2 aromatic rings. The first-order valence-electron chi connectivity index (χ1n) is 5.60. The fourth-order valence-electron chi connectivity index (χ4n) is 1.73. The van der Waals surface area contributed by atoms with Gasteiger partial charge in [0.1, 0.15) is 5.82 Å². The Morgan fingerprint density at radius 3 is 1.69 bits per heavy atom. The number of aryl methyl sites for hydroxylation is 1. The molecule has 0 nitrogen and oxygen atoms in total. The number of hydrogen-bond donors (Lipinski definition) is 0. The van der Waals surface area contributed by atoms with Crippen LogP contribution >= 0.6 is 0 Å². The first-order chi connectivity index (χ1) is 7.78. The normalized spacial score (nSPS) is 10.4. The van der Waals surface area contributed by atoms with E-state index in [4.69, 9.17) is 0 Å². The summed E-state index contributed by atoms with van der Waals surface area (Å²) in [5.41, 5.74) is 3.76. The van der Waals surface area contributed by atoms with Crippen molar-refractivity contribution in [2.24, 2.45) is 0 Å². The summed E-state index contributed by atoms with van der Waals surface area (Å²) in [5.74, 6) is -0.176. The van der Waals surface area contributed by atoms with E-state index in [9.17, 15) is 4.39 Å². The second-order valence-corrected chi connectivity index (χ2v) is 3.97. The molecule has 0 saturated heterocycles. The third-order valence-electron chi connectivity index (χ3n) is 2.75. The number of halogens is 1. The minimum Gasteiger partial charge on any atom is -0.207 e. The van der Waals surface area contributed by atoms with Crippen LogP contribution in [0.25, 0.3) is 0 Å². The van der Waals surface area contributed by atoms with E-state index in [-0.39, 0.29) is 5.82 Å². The first kappa shape index (κ1) is 10.9. The van der Waals surface area contributed by atoms with Gasteiger partial charge in [-0.3, -0.25) is 0 Å². The van der Waals surface area contributed by atoms with Gasteiger partial charge in [-0.15, -0.1) is 0 Å². The molecule has 2 aromatic carbocycles. The second kappa shape index (κ2) is 4.93. The predicted octanol–water partition coefficient (Wildman–Crippen LogP) is 3.98. The quantitative estimate of drug-likeness (QED) is 0.725. The number of hydrogen-bond acceptors (Lipinski definition) is 0. The van der Waals surface area contributed by atoms with Gasteiger partial charge in [-0.1, -0.05) is 43.3 Å². The van der Waals surface area contributed by atoms with Crippen LogP contribution in [0.15, 0.2) is 48.5 Å². The van der Waals surface area contributed by atoms with Crippen LogP contribution in [0, 0.1) is 5.82 Å². The van der Waals surface area contributed by atoms with Crippen molar-refractivity contribution in [2.75, 3.05) is 0 Å². The molecule has 0 spiro atoms. The lowest BCUT2D eigenvalue weighted by Crippen LogP contribution is -1.89. The molecule has 0 atom stereocenters. The third-order valence-corrected chi connectivity index (χ3v) is 2.75. The Hall–Kier alpha value is -1.63. The molecule has 0 radical (unpaired) electrons. The predicted molar refractivity (Wildman–Crippen MR) is 65.0 cm³/mol. The van der Waals surface area contributed by atoms with E-state index in [1.54, 1.807) is 0 Å². The molecular weight excluding hydrogens is 199 g/mol. The molecule has 0 N–H and O–H groups in total. The molecule has 0 aliphatic carbocycles. The standard InChI is InChI=1S/C15H15F/c1-2-12-3-5-13(6-4-12)11-14-7-9-15(16)10-8-14/h3-10H,2,11H2,1H3. The Bertz CT molecular complexity index is 440. The van der Waals surface area contributed by atoms with Crippen molar-refractivity contribution in [3.8, 4) is 0 Å². The smallest absolute Gasteiger partial charge is 0.123 e. The van der Waals surface area contributed by atoms with Crippen LogP contribution in [-0.2, 0) is 12.8 Å². The van der Waals surface area contributed by atoms with E-state index in [1.165, 1.54) is 23.3 Å². The minimum absolute atomic E-state index is 0.176. The van der Waals surface area contributed by atoms with Crippen LogP contribution < -0.4 is 0 Å². The van der Waals surface area contributed by atoms with Gasteiger partial charge in [-0.2, -0.15) is 0 Å². The van der Waals surface area contributed by atoms with E-state index >= 15 is 0 Å². The highest BCUT2D eigenvalue weighted by molar-refractivity contribution is 5.28. The Kier molecular flexibility index (Phi) is 3.35. The second-order valence-electron chi connectivity index (χ2n) is 3.97. The van der Waals surface area contributed by atoms with Crippen LogP contribution in [-0.4, -0.2) is 0 Å². The van der Waals surface area contributed by atoms with Crippen molar-refractivity contribution in [2.45, 2.75) is 19.8 Å². The molecular formula is C15H15F. The summed E-state index contributed by atoms with van der Waals surface area (Å²) in [7, 11) is 0. The van der Waals surface area contributed by atoms with Gasteiger partial charge in [0.15, 0.2) is 0 Å². The summed E-state index contributed by atoms with van der Waals surface area (Å²) in [6, 6.07) is 15.3. The largest absolute Gasteiger partial charge is 0.207 e. The van der Waals surface area contributed by atoms with Gasteiger partial charge in [0.05, 0.1) is 0 Å². The summed E-state index contributed by atoms with van der Waals surface area (Å²) in [6.45, 7) is 2.15. The van der Waals surface area contributed by atoms with E-state index < -0.39 is 0 Å². The molecule has 0 aliphatic heterocycles. The van der Waals surface area contributed by atoms with Crippen molar-refractivity contribution >= 4 is 0 Å². The molecule has 0 unspecified atom stereocenters. The molecule has 0 bridgehead atoms. The molecule has 0 aliphatic rings. The summed E-state index contributed by atoms with van der Waals surface area (Å²) < 4.78 is 12.7. The summed E-state index contributed by atoms with van der Waals surface area (Å²) in [4.78, 5) is 0. The monoisotopic (exact) mass is 214 g/mol. The van der Waals surface area contributed by atoms with E-state index in [0.717, 1.165) is 18.4 Å². The van der Waals surface area contributed by atoms with Gasteiger partial charge in [-0.05, 0) is 41.7 Å². The van der Waals surface area contributed by atoms with Crippen molar-refractivity contribution < 1.29 is 4.39 Å². The van der Waals surface area contributed by atoms with E-state index in [1.807, 2.05) is 12.1 Å². The lowest BCUT2D eigenvalue weighted by molar-refractivity contribution is 0.627. The molecule has 82 valence electrons. The van der Waals surface area contributed by atoms with Gasteiger partial charge < -0.3 is 0 Å². The van der Waals surface area contributed by atoms with Gasteiger partial charge in [0.2, 0.25) is 0 Å². The molecule has 0 amide bonds. The molecule has 0 fully saturated rings. The summed E-state index contributed by atoms with van der Waals surface area (Å²) >= 11 is 0. The first-order valence-corrected chi connectivity index (χ1v) is 5.60. The van der Waals surface area contributed by atoms with Gasteiger partial charge in [0, 0.05) is 0 Å². The summed E-state index contributed by atoms with van der Waals surface area (Å²) in [6.07, 6.45) is 1.93. The van der Waals surface area contributed by atoms with E-state index in [0.29, 0.717) is 0 Å². The lowest BCUT2D eigenvalue weighted by atomic mass is 10.0. The minimum atomic E-state index is -0.176. The van der Waals surface area contributed by atoms with Crippen molar-refractivity contribution in [3.63, 3.8) is 0 Å². The molecule has 0 aromatic heterocycles. The lowest BCUT2D eigenvalue weighted by Gasteiger charge is -2.03. The average Bonchev–Trinajstić information content (AvgIpc) is 2.33. The maximum Gasteiger partial charge on any atom is 0.123 e. The highest BCUT2D eigenvalue weighted by Crippen LogP contribution is 2.11. The topological polar surface area (TPSA) is 0 Å². The Morgan fingerprint density at radius 1 is 0.750 bits per heavy atom. The van der Waals surface area contributed by atoms with Crippen LogP contribution in [0.5, 0.6) is 0 Å². The van der Waals surface area contributed by atoms with Crippen LogP contribution in [0.3, 0.4) is 0 Å². The zero-order valence-electron chi connectivity index (χ0n) is 9.41. The van der Waals surface area contributed by atoms with Gasteiger partial charge in [0.25, 0.3) is 0 Å². The zero-order valence-corrected chi connectivity index (χ0v) is 9.41. The van der Waals surface area contributed by atoms with Gasteiger partial charge in [-0.25, -0.2) is 4.39 Å². The van der Waals surface area contributed by atoms with Crippen LogP contribution in [0.4, 0.5) is 4.39 Å². The fraction of sp³-hybridized carbons (Fsp3) is 0.200. The Morgan fingerprint density at radius 2 is 1.19 bits per heavy atom. The van der Waals surface area contributed by atoms with Crippen molar-refractivity contribution in [3.05, 3.63) is 71.0 Å². The zero-order chi connectivity index (χ0) is 11.4.